The number of fused-ring (bicyclic) bond motifs is 1. The molecule has 1 amide bonds. The van der Waals surface area contributed by atoms with E-state index in [0.717, 1.165) is 11.3 Å². The minimum absolute atomic E-state index is 0.0489. The molecule has 2 aromatic carbocycles. The van der Waals surface area contributed by atoms with E-state index in [4.69, 9.17) is 4.42 Å². The summed E-state index contributed by atoms with van der Waals surface area (Å²) in [6, 6.07) is 4.15. The normalized spacial score (nSPS) is 14.5. The summed E-state index contributed by atoms with van der Waals surface area (Å²) >= 11 is 0. The Kier molecular flexibility index (Phi) is 4.76. The van der Waals surface area contributed by atoms with E-state index in [2.05, 4.69) is 16.0 Å². The van der Waals surface area contributed by atoms with Crippen molar-refractivity contribution in [1.82, 2.24) is 5.32 Å². The summed E-state index contributed by atoms with van der Waals surface area (Å²) < 4.78 is 19.9. The van der Waals surface area contributed by atoms with Crippen LogP contribution in [-0.4, -0.2) is 5.91 Å². The highest BCUT2D eigenvalue weighted by molar-refractivity contribution is 6.04. The predicted molar refractivity (Wildman–Crippen MR) is 116 cm³/mol. The Labute approximate surface area is 178 Å². The van der Waals surface area contributed by atoms with Gasteiger partial charge in [0.1, 0.15) is 28.7 Å². The van der Waals surface area contributed by atoms with Crippen LogP contribution in [0.1, 0.15) is 59.8 Å². The summed E-state index contributed by atoms with van der Waals surface area (Å²) in [6.45, 7) is 9.86. The number of halogens is 1. The molecule has 0 bridgehead atoms. The number of hydrogen-bond donors (Lipinski definition) is 3. The third kappa shape index (κ3) is 3.41. The Bertz CT molecular complexity index is 1260. The number of anilines is 3. The average molecular weight is 425 g/mol. The lowest BCUT2D eigenvalue weighted by Crippen LogP contribution is -2.39. The molecule has 1 aromatic heterocycles. The van der Waals surface area contributed by atoms with Gasteiger partial charge in [-0.25, -0.2) is 4.39 Å². The molecule has 4 rings (SSSR count). The molecule has 3 aromatic rings. The van der Waals surface area contributed by atoms with Crippen LogP contribution in [0.15, 0.2) is 32.2 Å². The maximum Gasteiger partial charge on any atom is 0.254 e. The van der Waals surface area contributed by atoms with Gasteiger partial charge in [0.15, 0.2) is 0 Å². The topological polar surface area (TPSA) is 100 Å². The Morgan fingerprint density at radius 3 is 2.39 bits per heavy atom. The fourth-order valence-electron chi connectivity index (χ4n) is 3.80. The van der Waals surface area contributed by atoms with Crippen molar-refractivity contribution in [3.8, 4) is 0 Å². The van der Waals surface area contributed by atoms with Crippen molar-refractivity contribution in [3.05, 3.63) is 72.7 Å². The Morgan fingerprint density at radius 1 is 1.10 bits per heavy atom. The number of aryl methyl sites for hydroxylation is 2. The van der Waals surface area contributed by atoms with Gasteiger partial charge in [0.25, 0.3) is 16.8 Å². The van der Waals surface area contributed by atoms with Crippen molar-refractivity contribution in [2.75, 3.05) is 10.6 Å². The van der Waals surface area contributed by atoms with Crippen LogP contribution >= 0.6 is 0 Å². The van der Waals surface area contributed by atoms with Gasteiger partial charge in [-0.2, -0.15) is 0 Å². The first kappa shape index (κ1) is 20.8. The van der Waals surface area contributed by atoms with Gasteiger partial charge in [-0.05, 0) is 43.0 Å². The standard InChI is InChI=1S/C23H24FN3O4/c1-10-8-15(31-11(10)2)21(23(3,4)5)27-18-17(19(28)20(18)29)26-14-7-6-13(24)12-9-25-22(30)16(12)14/h6-8,21,26-27H,9H2,1-5H3,(H,25,30)/t21-/m0/s1. The van der Waals surface area contributed by atoms with Crippen molar-refractivity contribution < 1.29 is 13.6 Å². The monoisotopic (exact) mass is 425 g/mol. The second-order valence-corrected chi connectivity index (χ2v) is 9.00. The number of rotatable bonds is 5. The van der Waals surface area contributed by atoms with E-state index in [1.807, 2.05) is 40.7 Å². The summed E-state index contributed by atoms with van der Waals surface area (Å²) in [5, 5.41) is 8.62. The highest BCUT2D eigenvalue weighted by atomic mass is 19.1. The summed E-state index contributed by atoms with van der Waals surface area (Å²) in [5.41, 5.74) is 0.117. The Morgan fingerprint density at radius 2 is 1.77 bits per heavy atom. The largest absolute Gasteiger partial charge is 0.464 e. The molecule has 0 spiro atoms. The van der Waals surface area contributed by atoms with Crippen molar-refractivity contribution in [2.45, 2.75) is 47.2 Å². The van der Waals surface area contributed by atoms with Gasteiger partial charge in [-0.15, -0.1) is 0 Å². The fourth-order valence-corrected chi connectivity index (χ4v) is 3.80. The Hall–Kier alpha value is -3.42. The van der Waals surface area contributed by atoms with Crippen LogP contribution < -0.4 is 26.8 Å². The van der Waals surface area contributed by atoms with Crippen LogP contribution in [-0.2, 0) is 6.54 Å². The van der Waals surface area contributed by atoms with E-state index >= 15 is 0 Å². The van der Waals surface area contributed by atoms with E-state index in [-0.39, 0.29) is 46.2 Å². The van der Waals surface area contributed by atoms with E-state index < -0.39 is 22.6 Å². The molecule has 0 fully saturated rings. The highest BCUT2D eigenvalue weighted by Gasteiger charge is 2.34. The van der Waals surface area contributed by atoms with Gasteiger partial charge in [0.05, 0.1) is 17.3 Å². The summed E-state index contributed by atoms with van der Waals surface area (Å²) in [7, 11) is 0. The van der Waals surface area contributed by atoms with Crippen LogP contribution in [0.3, 0.4) is 0 Å². The minimum atomic E-state index is -0.696. The lowest BCUT2D eigenvalue weighted by Gasteiger charge is -2.31. The van der Waals surface area contributed by atoms with E-state index in [0.29, 0.717) is 5.76 Å². The number of hydrogen-bond acceptors (Lipinski definition) is 6. The van der Waals surface area contributed by atoms with Gasteiger partial charge in [0.2, 0.25) is 0 Å². The van der Waals surface area contributed by atoms with Crippen molar-refractivity contribution in [3.63, 3.8) is 0 Å². The number of carbonyl (C=O) groups excluding carboxylic acids is 1. The second-order valence-electron chi connectivity index (χ2n) is 9.00. The third-order valence-electron chi connectivity index (χ3n) is 5.70. The number of amides is 1. The van der Waals surface area contributed by atoms with Gasteiger partial charge in [-0.3, -0.25) is 14.4 Å². The molecule has 0 aliphatic carbocycles. The summed E-state index contributed by atoms with van der Waals surface area (Å²) in [6.07, 6.45) is 0. The van der Waals surface area contributed by atoms with Gasteiger partial charge in [0, 0.05) is 12.1 Å². The first-order valence-electron chi connectivity index (χ1n) is 10.0. The minimum Gasteiger partial charge on any atom is -0.464 e. The molecule has 0 radical (unpaired) electrons. The molecular weight excluding hydrogens is 401 g/mol. The number of nitrogens with one attached hydrogen (secondary N) is 3. The van der Waals surface area contributed by atoms with Crippen LogP contribution in [0.4, 0.5) is 21.5 Å². The summed E-state index contributed by atoms with van der Waals surface area (Å²) in [4.78, 5) is 36.9. The van der Waals surface area contributed by atoms with E-state index in [1.54, 1.807) is 0 Å². The molecule has 1 aliphatic heterocycles. The zero-order valence-electron chi connectivity index (χ0n) is 18.0. The smallest absolute Gasteiger partial charge is 0.254 e. The van der Waals surface area contributed by atoms with E-state index in [9.17, 15) is 18.8 Å². The molecule has 0 unspecified atom stereocenters. The van der Waals surface area contributed by atoms with Crippen molar-refractivity contribution in [2.24, 2.45) is 5.41 Å². The molecule has 8 heteroatoms. The first-order valence-corrected chi connectivity index (χ1v) is 10.0. The fraction of sp³-hybridized carbons (Fsp3) is 0.348. The molecule has 2 heterocycles. The average Bonchev–Trinajstić information content (AvgIpc) is 3.24. The van der Waals surface area contributed by atoms with Crippen LogP contribution in [0, 0.1) is 25.1 Å². The molecule has 162 valence electrons. The zero-order chi connectivity index (χ0) is 22.7. The van der Waals surface area contributed by atoms with Gasteiger partial charge >= 0.3 is 0 Å². The van der Waals surface area contributed by atoms with Crippen LogP contribution in [0.2, 0.25) is 0 Å². The zero-order valence-corrected chi connectivity index (χ0v) is 18.0. The molecule has 1 aliphatic rings. The lowest BCUT2D eigenvalue weighted by atomic mass is 9.84. The van der Waals surface area contributed by atoms with Crippen LogP contribution in [0.25, 0.3) is 0 Å². The molecular formula is C23H24FN3O4. The van der Waals surface area contributed by atoms with Gasteiger partial charge in [-0.1, -0.05) is 20.8 Å². The van der Waals surface area contributed by atoms with Crippen LogP contribution in [0.5, 0.6) is 0 Å². The lowest BCUT2D eigenvalue weighted by molar-refractivity contribution is 0.0966. The van der Waals surface area contributed by atoms with E-state index in [1.165, 1.54) is 12.1 Å². The predicted octanol–water partition coefficient (Wildman–Crippen LogP) is 3.82. The summed E-state index contributed by atoms with van der Waals surface area (Å²) in [5.74, 6) is 0.503. The molecule has 1 atom stereocenters. The van der Waals surface area contributed by atoms with Crippen molar-refractivity contribution >= 4 is 23.0 Å². The van der Waals surface area contributed by atoms with Gasteiger partial charge < -0.3 is 20.4 Å². The number of benzene rings is 1. The number of furan rings is 1. The Balaban J connectivity index is 1.71. The molecule has 0 saturated carbocycles. The quantitative estimate of drug-likeness (QED) is 0.538. The molecule has 7 nitrogen and oxygen atoms in total. The third-order valence-corrected chi connectivity index (χ3v) is 5.70. The van der Waals surface area contributed by atoms with Crippen molar-refractivity contribution in [1.29, 1.82) is 0 Å². The number of carbonyl (C=O) groups is 1. The maximum atomic E-state index is 14.0. The maximum absolute atomic E-state index is 14.0. The first-order chi connectivity index (χ1) is 14.5. The molecule has 0 saturated heterocycles. The SMILES string of the molecule is Cc1cc([C@H](Nc2c(Nc3ccc(F)c4c3C(=O)NC4)c(=O)c2=O)C(C)(C)C)oc1C. The molecule has 31 heavy (non-hydrogen) atoms. The highest BCUT2D eigenvalue weighted by Crippen LogP contribution is 2.39. The second kappa shape index (κ2) is 7.08. The molecule has 3 N–H and O–H groups in total.